The molecule has 2 aliphatic rings. The van der Waals surface area contributed by atoms with E-state index in [0.29, 0.717) is 12.1 Å². The van der Waals surface area contributed by atoms with E-state index < -0.39 is 62.1 Å². The number of phosphoric acid groups is 1. The van der Waals surface area contributed by atoms with Crippen LogP contribution >= 0.6 is 7.82 Å². The van der Waals surface area contributed by atoms with E-state index in [1.165, 1.54) is 24.1 Å². The first-order valence-corrected chi connectivity index (χ1v) is 12.7. The van der Waals surface area contributed by atoms with Crippen LogP contribution in [0, 0.1) is 5.82 Å². The Bertz CT molecular complexity index is 1400. The molecule has 3 aromatic rings. The van der Waals surface area contributed by atoms with Gasteiger partial charge in [-0.25, -0.2) is 23.9 Å². The van der Waals surface area contributed by atoms with Crippen LogP contribution in [0.2, 0.25) is 0 Å². The average Bonchev–Trinajstić information content (AvgIpc) is 3.37. The molecule has 2 aromatic heterocycles. The summed E-state index contributed by atoms with van der Waals surface area (Å²) in [5.41, 5.74) is 2.81. The van der Waals surface area contributed by atoms with Crippen molar-refractivity contribution in [3.8, 4) is 0 Å². The Morgan fingerprint density at radius 3 is 2.82 bits per heavy atom. The van der Waals surface area contributed by atoms with Crippen LogP contribution in [0.5, 0.6) is 0 Å². The van der Waals surface area contributed by atoms with Crippen molar-refractivity contribution in [1.29, 1.82) is 0 Å². The van der Waals surface area contributed by atoms with E-state index in [9.17, 15) is 32.3 Å². The largest absolute Gasteiger partial charge is 0.475 e. The van der Waals surface area contributed by atoms with E-state index in [2.05, 4.69) is 15.0 Å². The summed E-state index contributed by atoms with van der Waals surface area (Å²) in [6.45, 7) is 0.521. The lowest BCUT2D eigenvalue weighted by molar-refractivity contribution is -0.140. The van der Waals surface area contributed by atoms with E-state index in [1.807, 2.05) is 0 Å². The number of imidazole rings is 1. The van der Waals surface area contributed by atoms with Gasteiger partial charge in [-0.05, 0) is 24.6 Å². The van der Waals surface area contributed by atoms with E-state index in [4.69, 9.17) is 24.0 Å². The zero-order chi connectivity index (χ0) is 27.5. The zero-order valence-electron chi connectivity index (χ0n) is 19.6. The SMILES string of the molecule is C[C@@]1(O)[C@H](O)[C@@H](COP2(=O)OCC[C@H](c3ccc(F)c(C(F)(F)F)c3)O2)O[C@H]1n1cnc2c(N)ncnc21. The summed E-state index contributed by atoms with van der Waals surface area (Å²) in [7, 11) is -4.35. The second-order valence-electron chi connectivity index (χ2n) is 8.98. The summed E-state index contributed by atoms with van der Waals surface area (Å²) in [6.07, 6.45) is -7.59. The highest BCUT2D eigenvalue weighted by atomic mass is 31.2. The van der Waals surface area contributed by atoms with E-state index >= 15 is 0 Å². The van der Waals surface area contributed by atoms with Crippen molar-refractivity contribution < 1.29 is 50.6 Å². The lowest BCUT2D eigenvalue weighted by Crippen LogP contribution is -2.44. The number of nitrogens with two attached hydrogens (primary N) is 1. The fourth-order valence-corrected chi connectivity index (χ4v) is 5.74. The van der Waals surface area contributed by atoms with Gasteiger partial charge in [-0.1, -0.05) is 6.07 Å². The summed E-state index contributed by atoms with van der Waals surface area (Å²) in [4.78, 5) is 12.0. The average molecular weight is 563 g/mol. The van der Waals surface area contributed by atoms with Crippen LogP contribution < -0.4 is 5.73 Å². The minimum Gasteiger partial charge on any atom is -0.387 e. The molecule has 2 saturated heterocycles. The highest BCUT2D eigenvalue weighted by Crippen LogP contribution is 2.57. The third-order valence-electron chi connectivity index (χ3n) is 6.34. The number of rotatable bonds is 5. The van der Waals surface area contributed by atoms with Crippen molar-refractivity contribution in [3.05, 3.63) is 47.8 Å². The van der Waals surface area contributed by atoms with Gasteiger partial charge in [0.2, 0.25) is 0 Å². The molecular formula is C21H22F4N5O7P. The molecule has 4 heterocycles. The van der Waals surface area contributed by atoms with Crippen molar-refractivity contribution in [3.63, 3.8) is 0 Å². The van der Waals surface area contributed by atoms with Gasteiger partial charge in [0.25, 0.3) is 0 Å². The van der Waals surface area contributed by atoms with Crippen LogP contribution in [0.1, 0.15) is 36.8 Å². The van der Waals surface area contributed by atoms with Crippen molar-refractivity contribution in [1.82, 2.24) is 19.5 Å². The van der Waals surface area contributed by atoms with Crippen LogP contribution in [0.15, 0.2) is 30.9 Å². The van der Waals surface area contributed by atoms with Gasteiger partial charge in [0.1, 0.15) is 35.5 Å². The number of anilines is 1. The Morgan fingerprint density at radius 1 is 1.32 bits per heavy atom. The summed E-state index contributed by atoms with van der Waals surface area (Å²) >= 11 is 0. The second-order valence-corrected chi connectivity index (χ2v) is 10.6. The minimum absolute atomic E-state index is 0.0221. The number of nitrogen functional groups attached to an aromatic ring is 1. The Labute approximate surface area is 211 Å². The van der Waals surface area contributed by atoms with Crippen LogP contribution in [0.4, 0.5) is 23.4 Å². The second kappa shape index (κ2) is 9.48. The lowest BCUT2D eigenvalue weighted by Gasteiger charge is -2.30. The highest BCUT2D eigenvalue weighted by Gasteiger charge is 2.54. The predicted octanol–water partition coefficient (Wildman–Crippen LogP) is 2.88. The Hall–Kier alpha value is -2.72. The molecule has 0 bridgehead atoms. The molecule has 38 heavy (non-hydrogen) atoms. The number of halogens is 4. The first kappa shape index (κ1) is 26.9. The van der Waals surface area contributed by atoms with Crippen molar-refractivity contribution in [2.24, 2.45) is 0 Å². The number of benzene rings is 1. The van der Waals surface area contributed by atoms with Crippen LogP contribution in [0.25, 0.3) is 11.2 Å². The Kier molecular flexibility index (Phi) is 6.70. The number of aromatic nitrogens is 4. The number of hydrogen-bond donors (Lipinski definition) is 3. The van der Waals surface area contributed by atoms with Gasteiger partial charge in [-0.3, -0.25) is 18.1 Å². The van der Waals surface area contributed by atoms with Gasteiger partial charge < -0.3 is 20.7 Å². The maximum atomic E-state index is 13.7. The topological polar surface area (TPSA) is 164 Å². The monoisotopic (exact) mass is 563 g/mol. The van der Waals surface area contributed by atoms with Crippen molar-refractivity contribution in [2.75, 3.05) is 18.9 Å². The zero-order valence-corrected chi connectivity index (χ0v) is 20.5. The number of nitrogens with zero attached hydrogens (tertiary/aromatic N) is 4. The molecule has 1 aromatic carbocycles. The van der Waals surface area contributed by atoms with Gasteiger partial charge in [0, 0.05) is 6.42 Å². The molecule has 12 nitrogen and oxygen atoms in total. The van der Waals surface area contributed by atoms with Crippen LogP contribution in [-0.4, -0.2) is 60.8 Å². The lowest BCUT2D eigenvalue weighted by atomic mass is 9.96. The number of aliphatic hydroxyl groups excluding tert-OH is 1. The molecule has 2 aliphatic heterocycles. The smallest absolute Gasteiger partial charge is 0.387 e. The molecule has 4 N–H and O–H groups in total. The predicted molar refractivity (Wildman–Crippen MR) is 120 cm³/mol. The highest BCUT2D eigenvalue weighted by molar-refractivity contribution is 7.48. The van der Waals surface area contributed by atoms with Gasteiger partial charge in [-0.15, -0.1) is 0 Å². The van der Waals surface area contributed by atoms with E-state index in [0.717, 1.165) is 6.07 Å². The number of aliphatic hydroxyl groups is 2. The number of alkyl halides is 3. The van der Waals surface area contributed by atoms with Crippen LogP contribution in [-0.2, 0) is 29.0 Å². The van der Waals surface area contributed by atoms with Crippen molar-refractivity contribution >= 4 is 24.8 Å². The molecule has 0 amide bonds. The molecule has 0 spiro atoms. The molecule has 0 saturated carbocycles. The fourth-order valence-electron chi connectivity index (χ4n) is 4.35. The van der Waals surface area contributed by atoms with Crippen molar-refractivity contribution in [2.45, 2.75) is 49.7 Å². The Balaban J connectivity index is 1.31. The van der Waals surface area contributed by atoms with E-state index in [-0.39, 0.29) is 35.6 Å². The molecule has 1 unspecified atom stereocenters. The fraction of sp³-hybridized carbons (Fsp3) is 0.476. The standard InChI is InChI=1S/C21H22F4N5O7P/c1-20(32)16(31)14(36-19(20)30-9-29-15-17(26)27-8-28-18(15)30)7-35-38(33)34-5-4-13(37-38)10-2-3-12(22)11(6-10)21(23,24)25/h2-3,6,8-9,13-14,16,19,31-32H,4-5,7H2,1H3,(H2,26,27,28)/t13-,14-,16-,19-,20-,38?/m1/s1. The molecule has 17 heteroatoms. The third-order valence-corrected chi connectivity index (χ3v) is 7.82. The van der Waals surface area contributed by atoms with Gasteiger partial charge >= 0.3 is 14.0 Å². The summed E-state index contributed by atoms with van der Waals surface area (Å²) < 4.78 is 89.1. The van der Waals surface area contributed by atoms with Gasteiger partial charge in [-0.2, -0.15) is 13.2 Å². The van der Waals surface area contributed by atoms with Gasteiger partial charge in [0.05, 0.1) is 31.2 Å². The number of fused-ring (bicyclic) bond motifs is 1. The number of phosphoric ester groups is 1. The first-order valence-electron chi connectivity index (χ1n) is 11.2. The van der Waals surface area contributed by atoms with Crippen LogP contribution in [0.3, 0.4) is 0 Å². The normalized spacial score (nSPS) is 32.2. The molecule has 2 fully saturated rings. The summed E-state index contributed by atoms with van der Waals surface area (Å²) in [5, 5.41) is 21.7. The third kappa shape index (κ3) is 4.77. The quantitative estimate of drug-likeness (QED) is 0.309. The molecule has 206 valence electrons. The molecule has 6 atom stereocenters. The summed E-state index contributed by atoms with van der Waals surface area (Å²) in [6, 6.07) is 2.31. The molecule has 0 radical (unpaired) electrons. The minimum atomic E-state index is -4.94. The first-order chi connectivity index (χ1) is 17.8. The Morgan fingerprint density at radius 2 is 2.08 bits per heavy atom. The molecule has 0 aliphatic carbocycles. The number of ether oxygens (including phenoxy) is 1. The summed E-state index contributed by atoms with van der Waals surface area (Å²) in [5.74, 6) is -1.36. The maximum absolute atomic E-state index is 13.7. The molecule has 5 rings (SSSR count). The number of hydrogen-bond acceptors (Lipinski definition) is 11. The maximum Gasteiger partial charge on any atom is 0.475 e. The van der Waals surface area contributed by atoms with Gasteiger partial charge in [0.15, 0.2) is 17.7 Å². The molecular weight excluding hydrogens is 541 g/mol. The van der Waals surface area contributed by atoms with E-state index in [1.54, 1.807) is 0 Å².